The number of rotatable bonds is 7. The van der Waals surface area contributed by atoms with Crippen molar-refractivity contribution in [2.24, 2.45) is 5.92 Å². The molecule has 1 aliphatic carbocycles. The second kappa shape index (κ2) is 7.71. The first-order valence-corrected chi connectivity index (χ1v) is 9.05. The first-order chi connectivity index (χ1) is 11.3. The summed E-state index contributed by atoms with van der Waals surface area (Å²) in [6, 6.07) is 3.92. The molecule has 0 saturated heterocycles. The van der Waals surface area contributed by atoms with E-state index in [2.05, 4.69) is 10.0 Å². The molecule has 24 heavy (non-hydrogen) atoms. The normalized spacial score (nSPS) is 20.7. The van der Waals surface area contributed by atoms with Gasteiger partial charge in [-0.2, -0.15) is 0 Å². The lowest BCUT2D eigenvalue weighted by Gasteiger charge is -2.17. The number of hydrogen-bond acceptors (Lipinski definition) is 4. The molecule has 0 radical (unpaired) electrons. The second-order valence-corrected chi connectivity index (χ2v) is 7.42. The van der Waals surface area contributed by atoms with Gasteiger partial charge in [-0.25, -0.2) is 17.5 Å². The SMILES string of the molecule is O=C(CCNS(=O)(=O)c1ccc(F)cc1)N[C@H]1CCC[C@H]1C(=O)O. The van der Waals surface area contributed by atoms with Crippen molar-refractivity contribution in [2.75, 3.05) is 6.54 Å². The van der Waals surface area contributed by atoms with Crippen molar-refractivity contribution in [3.05, 3.63) is 30.1 Å². The Bertz CT molecular complexity index is 705. The molecule has 1 saturated carbocycles. The highest BCUT2D eigenvalue weighted by Gasteiger charge is 2.33. The summed E-state index contributed by atoms with van der Waals surface area (Å²) in [6.45, 7) is -0.129. The summed E-state index contributed by atoms with van der Waals surface area (Å²) >= 11 is 0. The van der Waals surface area contributed by atoms with E-state index in [0.717, 1.165) is 30.7 Å². The predicted octanol–water partition coefficient (Wildman–Crippen LogP) is 0.864. The van der Waals surface area contributed by atoms with Crippen LogP contribution in [0.2, 0.25) is 0 Å². The van der Waals surface area contributed by atoms with Crippen LogP contribution in [0.1, 0.15) is 25.7 Å². The van der Waals surface area contributed by atoms with Crippen LogP contribution in [0.4, 0.5) is 4.39 Å². The average molecular weight is 358 g/mol. The Labute approximate surface area is 139 Å². The van der Waals surface area contributed by atoms with Gasteiger partial charge in [-0.05, 0) is 37.1 Å². The summed E-state index contributed by atoms with van der Waals surface area (Å²) in [5.41, 5.74) is 0. The van der Waals surface area contributed by atoms with Gasteiger partial charge in [0.2, 0.25) is 15.9 Å². The molecule has 1 fully saturated rings. The van der Waals surface area contributed by atoms with E-state index >= 15 is 0 Å². The molecule has 0 heterocycles. The van der Waals surface area contributed by atoms with Crippen molar-refractivity contribution >= 4 is 21.9 Å². The van der Waals surface area contributed by atoms with Crippen molar-refractivity contribution in [3.63, 3.8) is 0 Å². The van der Waals surface area contributed by atoms with Crippen LogP contribution in [0.15, 0.2) is 29.2 Å². The topological polar surface area (TPSA) is 113 Å². The van der Waals surface area contributed by atoms with Crippen LogP contribution in [0.5, 0.6) is 0 Å². The van der Waals surface area contributed by atoms with E-state index in [-0.39, 0.29) is 17.9 Å². The minimum Gasteiger partial charge on any atom is -0.481 e. The van der Waals surface area contributed by atoms with Gasteiger partial charge in [0.05, 0.1) is 10.8 Å². The fourth-order valence-electron chi connectivity index (χ4n) is 2.70. The van der Waals surface area contributed by atoms with Gasteiger partial charge in [-0.1, -0.05) is 6.42 Å². The molecule has 0 aliphatic heterocycles. The zero-order valence-corrected chi connectivity index (χ0v) is 13.7. The molecule has 1 aliphatic rings. The third-order valence-corrected chi connectivity index (χ3v) is 5.42. The number of carbonyl (C=O) groups is 2. The lowest BCUT2D eigenvalue weighted by Crippen LogP contribution is -2.41. The van der Waals surface area contributed by atoms with Crippen LogP contribution >= 0.6 is 0 Å². The number of carboxylic acid groups (broad SMARTS) is 1. The number of hydrogen-bond donors (Lipinski definition) is 3. The van der Waals surface area contributed by atoms with Gasteiger partial charge >= 0.3 is 5.97 Å². The van der Waals surface area contributed by atoms with Gasteiger partial charge in [0.25, 0.3) is 0 Å². The number of nitrogens with one attached hydrogen (secondary N) is 2. The molecule has 2 atom stereocenters. The number of sulfonamides is 1. The Kier molecular flexibility index (Phi) is 5.89. The minimum absolute atomic E-state index is 0.0916. The summed E-state index contributed by atoms with van der Waals surface area (Å²) in [5.74, 6) is -2.48. The monoisotopic (exact) mass is 358 g/mol. The Morgan fingerprint density at radius 1 is 1.21 bits per heavy atom. The number of carboxylic acids is 1. The zero-order valence-electron chi connectivity index (χ0n) is 12.9. The maximum Gasteiger partial charge on any atom is 0.308 e. The van der Waals surface area contributed by atoms with E-state index in [4.69, 9.17) is 5.11 Å². The number of benzene rings is 1. The predicted molar refractivity (Wildman–Crippen MR) is 83.1 cm³/mol. The quantitative estimate of drug-likeness (QED) is 0.669. The molecular weight excluding hydrogens is 339 g/mol. The van der Waals surface area contributed by atoms with Crippen molar-refractivity contribution in [1.82, 2.24) is 10.0 Å². The maximum atomic E-state index is 12.8. The van der Waals surface area contributed by atoms with E-state index in [1.807, 2.05) is 0 Å². The Hall–Kier alpha value is -2.00. The van der Waals surface area contributed by atoms with Crippen LogP contribution in [-0.2, 0) is 19.6 Å². The second-order valence-electron chi connectivity index (χ2n) is 5.65. The van der Waals surface area contributed by atoms with Crippen LogP contribution in [0, 0.1) is 11.7 Å². The van der Waals surface area contributed by atoms with Crippen molar-refractivity contribution in [2.45, 2.75) is 36.6 Å². The maximum absolute atomic E-state index is 12.8. The summed E-state index contributed by atoms with van der Waals surface area (Å²) in [7, 11) is -3.81. The third-order valence-electron chi connectivity index (χ3n) is 3.95. The number of carbonyl (C=O) groups excluding carboxylic acids is 1. The third kappa shape index (κ3) is 4.75. The molecule has 0 spiro atoms. The van der Waals surface area contributed by atoms with Gasteiger partial charge < -0.3 is 10.4 Å². The zero-order chi connectivity index (χ0) is 17.7. The van der Waals surface area contributed by atoms with Crippen molar-refractivity contribution in [3.8, 4) is 0 Å². The van der Waals surface area contributed by atoms with Crippen molar-refractivity contribution in [1.29, 1.82) is 0 Å². The lowest BCUT2D eigenvalue weighted by molar-refractivity contribution is -0.142. The van der Waals surface area contributed by atoms with Crippen molar-refractivity contribution < 1.29 is 27.5 Å². The van der Waals surface area contributed by atoms with E-state index in [1.165, 1.54) is 0 Å². The average Bonchev–Trinajstić information content (AvgIpc) is 2.95. The van der Waals surface area contributed by atoms with Crippen LogP contribution in [-0.4, -0.2) is 38.0 Å². The Morgan fingerprint density at radius 3 is 2.50 bits per heavy atom. The standard InChI is InChI=1S/C15H19FN2O5S/c16-10-4-6-11(7-5-10)24(22,23)17-9-8-14(19)18-13-3-1-2-12(13)15(20)21/h4-7,12-13,17H,1-3,8-9H2,(H,18,19)(H,20,21)/t12-,13+/m1/s1. The van der Waals surface area contributed by atoms with Gasteiger partial charge in [-0.3, -0.25) is 9.59 Å². The summed E-state index contributed by atoms with van der Waals surface area (Å²) in [6.07, 6.45) is 1.75. The van der Waals surface area contributed by atoms with Gasteiger partial charge in [0.1, 0.15) is 5.82 Å². The molecule has 1 amide bonds. The highest BCUT2D eigenvalue weighted by molar-refractivity contribution is 7.89. The fraction of sp³-hybridized carbons (Fsp3) is 0.467. The van der Waals surface area contributed by atoms with Crippen LogP contribution in [0.3, 0.4) is 0 Å². The molecule has 0 unspecified atom stereocenters. The number of amides is 1. The molecule has 1 aromatic carbocycles. The van der Waals surface area contributed by atoms with E-state index < -0.39 is 39.7 Å². The largest absolute Gasteiger partial charge is 0.481 e. The molecule has 132 valence electrons. The molecule has 0 aromatic heterocycles. The van der Waals surface area contributed by atoms with Crippen LogP contribution < -0.4 is 10.0 Å². The summed E-state index contributed by atoms with van der Waals surface area (Å²) in [4.78, 5) is 22.8. The number of aliphatic carboxylic acids is 1. The highest BCUT2D eigenvalue weighted by Crippen LogP contribution is 2.25. The Balaban J connectivity index is 1.82. The molecular formula is C15H19FN2O5S. The van der Waals surface area contributed by atoms with Gasteiger partial charge in [-0.15, -0.1) is 0 Å². The molecule has 0 bridgehead atoms. The molecule has 9 heteroatoms. The molecule has 7 nitrogen and oxygen atoms in total. The summed E-state index contributed by atoms with van der Waals surface area (Å²) in [5, 5.41) is 11.7. The van der Waals surface area contributed by atoms with Gasteiger partial charge in [0.15, 0.2) is 0 Å². The molecule has 2 rings (SSSR count). The van der Waals surface area contributed by atoms with E-state index in [9.17, 15) is 22.4 Å². The molecule has 3 N–H and O–H groups in total. The van der Waals surface area contributed by atoms with Gasteiger partial charge in [0, 0.05) is 19.0 Å². The smallest absolute Gasteiger partial charge is 0.308 e. The first-order valence-electron chi connectivity index (χ1n) is 7.57. The first kappa shape index (κ1) is 18.3. The lowest BCUT2D eigenvalue weighted by atomic mass is 10.0. The van der Waals surface area contributed by atoms with E-state index in [1.54, 1.807) is 0 Å². The fourth-order valence-corrected chi connectivity index (χ4v) is 3.74. The number of halogens is 1. The minimum atomic E-state index is -3.81. The highest BCUT2D eigenvalue weighted by atomic mass is 32.2. The van der Waals surface area contributed by atoms with E-state index in [0.29, 0.717) is 12.8 Å². The summed E-state index contributed by atoms with van der Waals surface area (Å²) < 4.78 is 39.0. The molecule has 1 aromatic rings. The van der Waals surface area contributed by atoms with Crippen LogP contribution in [0.25, 0.3) is 0 Å². The Morgan fingerprint density at radius 2 is 1.88 bits per heavy atom.